The summed E-state index contributed by atoms with van der Waals surface area (Å²) >= 11 is 0. The van der Waals surface area contributed by atoms with Crippen LogP contribution in [0, 0.1) is 5.92 Å². The second-order valence-electron chi connectivity index (χ2n) is 4.85. The second kappa shape index (κ2) is 5.96. The van der Waals surface area contributed by atoms with Gasteiger partial charge in [0.25, 0.3) is 5.91 Å². The molecular weight excluding hydrogens is 226 g/mol. The van der Waals surface area contributed by atoms with E-state index in [0.717, 1.165) is 25.9 Å². The summed E-state index contributed by atoms with van der Waals surface area (Å²) in [6.45, 7) is 3.86. The van der Waals surface area contributed by atoms with E-state index < -0.39 is 0 Å². The van der Waals surface area contributed by atoms with Gasteiger partial charge in [0.05, 0.1) is 5.56 Å². The fourth-order valence-electron chi connectivity index (χ4n) is 2.68. The molecule has 1 aliphatic rings. The van der Waals surface area contributed by atoms with E-state index in [2.05, 4.69) is 17.2 Å². The lowest BCUT2D eigenvalue weighted by Gasteiger charge is -2.38. The Bertz CT molecular complexity index is 393. The third-order valence-electron chi connectivity index (χ3n) is 3.82. The molecule has 98 valence electrons. The fourth-order valence-corrected chi connectivity index (χ4v) is 2.68. The van der Waals surface area contributed by atoms with Crippen LogP contribution < -0.4 is 5.32 Å². The number of hydrogen-bond acceptors (Lipinski definition) is 3. The number of likely N-dealkylation sites (tertiary alicyclic amines) is 1. The predicted octanol–water partition coefficient (Wildman–Crippen LogP) is 1.54. The quantitative estimate of drug-likeness (QED) is 0.881. The molecule has 0 saturated carbocycles. The van der Waals surface area contributed by atoms with Crippen LogP contribution in [0.3, 0.4) is 0 Å². The molecule has 0 spiro atoms. The minimum absolute atomic E-state index is 0.108. The molecule has 1 aliphatic heterocycles. The van der Waals surface area contributed by atoms with E-state index in [1.165, 1.54) is 0 Å². The zero-order valence-electron chi connectivity index (χ0n) is 11.1. The fraction of sp³-hybridized carbons (Fsp3) is 0.571. The van der Waals surface area contributed by atoms with E-state index in [1.807, 2.05) is 24.1 Å². The Balaban J connectivity index is 2.05. The van der Waals surface area contributed by atoms with E-state index in [1.54, 1.807) is 12.4 Å². The van der Waals surface area contributed by atoms with Gasteiger partial charge in [0.15, 0.2) is 0 Å². The van der Waals surface area contributed by atoms with E-state index in [-0.39, 0.29) is 5.91 Å². The number of nitrogens with zero attached hydrogens (tertiary/aromatic N) is 2. The van der Waals surface area contributed by atoms with E-state index in [9.17, 15) is 4.79 Å². The van der Waals surface area contributed by atoms with Crippen molar-refractivity contribution in [1.29, 1.82) is 0 Å². The van der Waals surface area contributed by atoms with Gasteiger partial charge in [0.1, 0.15) is 0 Å². The monoisotopic (exact) mass is 247 g/mol. The van der Waals surface area contributed by atoms with Crippen LogP contribution in [-0.4, -0.2) is 42.0 Å². The van der Waals surface area contributed by atoms with Gasteiger partial charge in [-0.3, -0.25) is 9.78 Å². The smallest absolute Gasteiger partial charge is 0.255 e. The topological polar surface area (TPSA) is 45.2 Å². The Morgan fingerprint density at radius 3 is 3.06 bits per heavy atom. The summed E-state index contributed by atoms with van der Waals surface area (Å²) in [5.74, 6) is 0.653. The maximum absolute atomic E-state index is 12.3. The number of amides is 1. The zero-order chi connectivity index (χ0) is 13.0. The van der Waals surface area contributed by atoms with Crippen LogP contribution in [0.2, 0.25) is 0 Å². The molecule has 0 aliphatic carbocycles. The summed E-state index contributed by atoms with van der Waals surface area (Å²) in [7, 11) is 2.01. The van der Waals surface area contributed by atoms with Crippen molar-refractivity contribution < 1.29 is 4.79 Å². The third kappa shape index (κ3) is 2.70. The second-order valence-corrected chi connectivity index (χ2v) is 4.85. The van der Waals surface area contributed by atoms with Crippen LogP contribution >= 0.6 is 0 Å². The molecule has 2 rings (SSSR count). The maximum atomic E-state index is 12.3. The maximum Gasteiger partial charge on any atom is 0.255 e. The van der Waals surface area contributed by atoms with Crippen LogP contribution in [0.1, 0.15) is 30.1 Å². The number of piperidine rings is 1. The third-order valence-corrected chi connectivity index (χ3v) is 3.82. The Morgan fingerprint density at radius 1 is 1.61 bits per heavy atom. The van der Waals surface area contributed by atoms with Gasteiger partial charge in [-0.2, -0.15) is 0 Å². The van der Waals surface area contributed by atoms with Gasteiger partial charge in [-0.05, 0) is 31.5 Å². The minimum Gasteiger partial charge on any atom is -0.338 e. The van der Waals surface area contributed by atoms with Crippen molar-refractivity contribution >= 4 is 5.91 Å². The predicted molar refractivity (Wildman–Crippen MR) is 71.4 cm³/mol. The molecule has 1 amide bonds. The van der Waals surface area contributed by atoms with Crippen molar-refractivity contribution in [3.05, 3.63) is 30.1 Å². The Morgan fingerprint density at radius 2 is 2.44 bits per heavy atom. The first-order valence-electron chi connectivity index (χ1n) is 6.62. The van der Waals surface area contributed by atoms with Gasteiger partial charge in [-0.15, -0.1) is 0 Å². The molecule has 4 nitrogen and oxygen atoms in total. The average Bonchev–Trinajstić information content (AvgIpc) is 2.46. The number of nitrogens with one attached hydrogen (secondary N) is 1. The molecule has 18 heavy (non-hydrogen) atoms. The molecule has 1 fully saturated rings. The summed E-state index contributed by atoms with van der Waals surface area (Å²) < 4.78 is 0. The highest BCUT2D eigenvalue weighted by atomic mass is 16.2. The van der Waals surface area contributed by atoms with Crippen LogP contribution in [-0.2, 0) is 0 Å². The summed E-state index contributed by atoms with van der Waals surface area (Å²) in [6, 6.07) is 4.18. The van der Waals surface area contributed by atoms with Crippen molar-refractivity contribution in [2.75, 3.05) is 20.1 Å². The normalized spacial score (nSPS) is 24.0. The number of pyridine rings is 1. The van der Waals surface area contributed by atoms with Crippen molar-refractivity contribution in [2.45, 2.75) is 25.8 Å². The molecule has 1 aromatic heterocycles. The number of rotatable bonds is 3. The highest BCUT2D eigenvalue weighted by molar-refractivity contribution is 5.93. The van der Waals surface area contributed by atoms with Crippen LogP contribution in [0.4, 0.5) is 0 Å². The summed E-state index contributed by atoms with van der Waals surface area (Å²) in [5, 5.41) is 3.35. The van der Waals surface area contributed by atoms with Gasteiger partial charge in [-0.1, -0.05) is 13.3 Å². The van der Waals surface area contributed by atoms with Crippen molar-refractivity contribution in [3.8, 4) is 0 Å². The van der Waals surface area contributed by atoms with E-state index >= 15 is 0 Å². The number of carbonyl (C=O) groups is 1. The molecule has 1 N–H and O–H groups in total. The van der Waals surface area contributed by atoms with Gasteiger partial charge < -0.3 is 10.2 Å². The average molecular weight is 247 g/mol. The number of aromatic nitrogens is 1. The Labute approximate surface area is 108 Å². The molecule has 0 radical (unpaired) electrons. The van der Waals surface area contributed by atoms with Crippen LogP contribution in [0.5, 0.6) is 0 Å². The van der Waals surface area contributed by atoms with E-state index in [4.69, 9.17) is 0 Å². The molecule has 0 bridgehead atoms. The molecule has 0 aromatic carbocycles. The molecule has 4 heteroatoms. The first-order valence-corrected chi connectivity index (χ1v) is 6.62. The SMILES string of the molecule is CCC1CN(C(=O)c2cccnc2)CCC1NC. The highest BCUT2D eigenvalue weighted by Gasteiger charge is 2.29. The summed E-state index contributed by atoms with van der Waals surface area (Å²) in [4.78, 5) is 18.3. The van der Waals surface area contributed by atoms with Crippen molar-refractivity contribution in [1.82, 2.24) is 15.2 Å². The first kappa shape index (κ1) is 13.0. The zero-order valence-corrected chi connectivity index (χ0v) is 11.1. The molecular formula is C14H21N3O. The number of carbonyl (C=O) groups excluding carboxylic acids is 1. The summed E-state index contributed by atoms with van der Waals surface area (Å²) in [6.07, 6.45) is 5.47. The Hall–Kier alpha value is -1.42. The lowest BCUT2D eigenvalue weighted by molar-refractivity contribution is 0.0631. The molecule has 1 aromatic rings. The van der Waals surface area contributed by atoms with Gasteiger partial charge in [0.2, 0.25) is 0 Å². The molecule has 2 unspecified atom stereocenters. The van der Waals surface area contributed by atoms with Crippen molar-refractivity contribution in [3.63, 3.8) is 0 Å². The molecule has 2 heterocycles. The van der Waals surface area contributed by atoms with Gasteiger partial charge >= 0.3 is 0 Å². The first-order chi connectivity index (χ1) is 8.76. The van der Waals surface area contributed by atoms with Gasteiger partial charge in [-0.25, -0.2) is 0 Å². The largest absolute Gasteiger partial charge is 0.338 e. The highest BCUT2D eigenvalue weighted by Crippen LogP contribution is 2.21. The Kier molecular flexibility index (Phi) is 4.31. The molecule has 1 saturated heterocycles. The summed E-state index contributed by atoms with van der Waals surface area (Å²) in [5.41, 5.74) is 0.690. The van der Waals surface area contributed by atoms with Crippen LogP contribution in [0.25, 0.3) is 0 Å². The lowest BCUT2D eigenvalue weighted by Crippen LogP contribution is -2.50. The van der Waals surface area contributed by atoms with Gasteiger partial charge in [0, 0.05) is 31.5 Å². The lowest BCUT2D eigenvalue weighted by atomic mass is 9.90. The standard InChI is InChI=1S/C14H21N3O/c1-3-11-10-17(8-6-13(11)15-2)14(18)12-5-4-7-16-9-12/h4-5,7,9,11,13,15H,3,6,8,10H2,1-2H3. The van der Waals surface area contributed by atoms with E-state index in [0.29, 0.717) is 17.5 Å². The minimum atomic E-state index is 0.108. The van der Waals surface area contributed by atoms with Crippen LogP contribution in [0.15, 0.2) is 24.5 Å². The van der Waals surface area contributed by atoms with Crippen molar-refractivity contribution in [2.24, 2.45) is 5.92 Å². The molecule has 2 atom stereocenters. The number of hydrogen-bond donors (Lipinski definition) is 1.